The number of nitrogens with one attached hydrogen (secondary N) is 1. The summed E-state index contributed by atoms with van der Waals surface area (Å²) < 4.78 is 5.05. The van der Waals surface area contributed by atoms with Gasteiger partial charge in [-0.25, -0.2) is 4.79 Å². The first kappa shape index (κ1) is 15.2. The minimum absolute atomic E-state index is 0.210. The number of ether oxygens (including phenoxy) is 1. The van der Waals surface area contributed by atoms with E-state index in [0.29, 0.717) is 9.88 Å². The zero-order valence-corrected chi connectivity index (χ0v) is 12.0. The Bertz CT molecular complexity index is 496. The largest absolute Gasteiger partial charge is 0.448 e. The Hall–Kier alpha value is -1.89. The van der Waals surface area contributed by atoms with Crippen LogP contribution in [0, 0.1) is 0 Å². The molecule has 0 bridgehead atoms. The fourth-order valence-corrected chi connectivity index (χ4v) is 2.16. The van der Waals surface area contributed by atoms with Crippen molar-refractivity contribution in [3.8, 4) is 0 Å². The van der Waals surface area contributed by atoms with Crippen LogP contribution in [0.1, 0.15) is 23.5 Å². The molecule has 1 rings (SSSR count). The molecule has 0 aliphatic carbocycles. The highest BCUT2D eigenvalue weighted by atomic mass is 32.1. The van der Waals surface area contributed by atoms with E-state index in [1.165, 1.54) is 18.7 Å². The Kier molecular flexibility index (Phi) is 5.05. The molecule has 0 saturated heterocycles. The highest BCUT2D eigenvalue weighted by Gasteiger charge is 2.21. The average molecular weight is 284 g/mol. The van der Waals surface area contributed by atoms with Crippen LogP contribution >= 0.6 is 11.3 Å². The molecule has 1 heterocycles. The maximum atomic E-state index is 11.8. The summed E-state index contributed by atoms with van der Waals surface area (Å²) in [6.45, 7) is 2.90. The second kappa shape index (κ2) is 6.33. The Labute approximate surface area is 115 Å². The smallest absolute Gasteiger partial charge is 0.349 e. The van der Waals surface area contributed by atoms with Crippen LogP contribution in [0.5, 0.6) is 0 Å². The quantitative estimate of drug-likeness (QED) is 0.847. The molecule has 0 aliphatic rings. The monoisotopic (exact) mass is 284 g/mol. The molecular formula is C12H16N2O4S. The van der Waals surface area contributed by atoms with E-state index in [4.69, 9.17) is 4.74 Å². The van der Waals surface area contributed by atoms with Crippen LogP contribution in [0.4, 0.5) is 5.00 Å². The summed E-state index contributed by atoms with van der Waals surface area (Å²) in [7, 11) is 3.18. The van der Waals surface area contributed by atoms with E-state index in [1.54, 1.807) is 26.2 Å². The number of amides is 2. The van der Waals surface area contributed by atoms with Crippen LogP contribution < -0.4 is 5.32 Å². The lowest BCUT2D eigenvalue weighted by molar-refractivity contribution is -0.137. The third-order valence-corrected chi connectivity index (χ3v) is 3.16. The van der Waals surface area contributed by atoms with Crippen molar-refractivity contribution in [3.05, 3.63) is 17.0 Å². The molecule has 0 fully saturated rings. The Morgan fingerprint density at radius 1 is 1.32 bits per heavy atom. The lowest BCUT2D eigenvalue weighted by atomic mass is 10.3. The first-order valence-corrected chi connectivity index (χ1v) is 6.42. The summed E-state index contributed by atoms with van der Waals surface area (Å²) in [5.74, 6) is -1.07. The van der Waals surface area contributed by atoms with Gasteiger partial charge in [0.1, 0.15) is 4.88 Å². The minimum Gasteiger partial charge on any atom is -0.448 e. The van der Waals surface area contributed by atoms with Gasteiger partial charge in [-0.05, 0) is 19.1 Å². The van der Waals surface area contributed by atoms with Crippen molar-refractivity contribution in [2.75, 3.05) is 19.4 Å². The molecule has 1 unspecified atom stereocenters. The maximum Gasteiger partial charge on any atom is 0.349 e. The van der Waals surface area contributed by atoms with Crippen LogP contribution in [0.3, 0.4) is 0 Å². The first-order valence-electron chi connectivity index (χ1n) is 5.61. The fourth-order valence-electron chi connectivity index (χ4n) is 1.32. The number of hydrogen-bond donors (Lipinski definition) is 1. The standard InChI is InChI=1S/C12H16N2O4S/c1-7(11(16)14(3)4)18-12(17)9-5-6-10(19-9)13-8(2)15/h5-7H,1-4H3,(H,13,15). The molecule has 1 N–H and O–H groups in total. The van der Waals surface area contributed by atoms with Gasteiger partial charge in [0.05, 0.1) is 5.00 Å². The molecule has 0 saturated carbocycles. The van der Waals surface area contributed by atoms with E-state index in [2.05, 4.69) is 5.32 Å². The van der Waals surface area contributed by atoms with Crippen molar-refractivity contribution in [1.82, 2.24) is 4.90 Å². The number of carbonyl (C=O) groups excluding carboxylic acids is 3. The third kappa shape index (κ3) is 4.36. The highest BCUT2D eigenvalue weighted by Crippen LogP contribution is 2.22. The summed E-state index contributed by atoms with van der Waals surface area (Å²) in [4.78, 5) is 35.9. The summed E-state index contributed by atoms with van der Waals surface area (Å²) in [5.41, 5.74) is 0. The zero-order chi connectivity index (χ0) is 14.6. The van der Waals surface area contributed by atoms with Gasteiger partial charge in [0.2, 0.25) is 5.91 Å². The van der Waals surface area contributed by atoms with Gasteiger partial charge in [0.25, 0.3) is 5.91 Å². The second-order valence-corrected chi connectivity index (χ2v) is 5.21. The topological polar surface area (TPSA) is 75.7 Å². The van der Waals surface area contributed by atoms with E-state index >= 15 is 0 Å². The summed E-state index contributed by atoms with van der Waals surface area (Å²) in [6.07, 6.45) is -0.839. The molecule has 104 valence electrons. The van der Waals surface area contributed by atoms with Gasteiger partial charge >= 0.3 is 5.97 Å². The summed E-state index contributed by atoms with van der Waals surface area (Å²) in [5, 5.41) is 3.13. The number of nitrogens with zero attached hydrogens (tertiary/aromatic N) is 1. The van der Waals surface area contributed by atoms with Crippen molar-refractivity contribution in [1.29, 1.82) is 0 Å². The molecule has 0 spiro atoms. The predicted molar refractivity (Wildman–Crippen MR) is 72.2 cm³/mol. The SMILES string of the molecule is CC(=O)Nc1ccc(C(=O)OC(C)C(=O)N(C)C)s1. The maximum absolute atomic E-state index is 11.8. The Morgan fingerprint density at radius 2 is 1.95 bits per heavy atom. The van der Waals surface area contributed by atoms with E-state index in [1.807, 2.05) is 0 Å². The molecule has 1 atom stereocenters. The Balaban J connectivity index is 2.65. The lowest BCUT2D eigenvalue weighted by Gasteiger charge is -2.16. The number of anilines is 1. The van der Waals surface area contributed by atoms with Gasteiger partial charge in [-0.1, -0.05) is 0 Å². The summed E-state index contributed by atoms with van der Waals surface area (Å²) >= 11 is 1.10. The predicted octanol–water partition coefficient (Wildman–Crippen LogP) is 1.34. The summed E-state index contributed by atoms with van der Waals surface area (Å²) in [6, 6.07) is 3.16. The molecule has 6 nitrogen and oxygen atoms in total. The van der Waals surface area contributed by atoms with E-state index in [9.17, 15) is 14.4 Å². The molecule has 0 aromatic carbocycles. The van der Waals surface area contributed by atoms with Crippen LogP contribution in [-0.4, -0.2) is 42.9 Å². The van der Waals surface area contributed by atoms with E-state index < -0.39 is 12.1 Å². The van der Waals surface area contributed by atoms with Gasteiger partial charge in [0.15, 0.2) is 6.10 Å². The van der Waals surface area contributed by atoms with Crippen LogP contribution in [-0.2, 0) is 14.3 Å². The average Bonchev–Trinajstić information content (AvgIpc) is 2.75. The molecule has 19 heavy (non-hydrogen) atoms. The number of carbonyl (C=O) groups is 3. The first-order chi connectivity index (χ1) is 8.81. The fraction of sp³-hybridized carbons (Fsp3) is 0.417. The zero-order valence-electron chi connectivity index (χ0n) is 11.2. The number of thiophene rings is 1. The van der Waals surface area contributed by atoms with Crippen molar-refractivity contribution in [3.63, 3.8) is 0 Å². The number of rotatable bonds is 4. The normalized spacial score (nSPS) is 11.6. The molecular weight excluding hydrogens is 268 g/mol. The number of hydrogen-bond acceptors (Lipinski definition) is 5. The van der Waals surface area contributed by atoms with Crippen LogP contribution in [0.2, 0.25) is 0 Å². The number of esters is 1. The molecule has 1 aromatic rings. The molecule has 2 amide bonds. The molecule has 7 heteroatoms. The second-order valence-electron chi connectivity index (χ2n) is 4.13. The van der Waals surface area contributed by atoms with E-state index in [-0.39, 0.29) is 11.8 Å². The highest BCUT2D eigenvalue weighted by molar-refractivity contribution is 7.18. The van der Waals surface area contributed by atoms with Crippen molar-refractivity contribution < 1.29 is 19.1 Å². The molecule has 0 radical (unpaired) electrons. The number of likely N-dealkylation sites (N-methyl/N-ethyl adjacent to an activating group) is 1. The third-order valence-electron chi connectivity index (χ3n) is 2.18. The van der Waals surface area contributed by atoms with Gasteiger partial charge < -0.3 is 15.0 Å². The van der Waals surface area contributed by atoms with E-state index in [0.717, 1.165) is 11.3 Å². The van der Waals surface area contributed by atoms with Crippen LogP contribution in [0.15, 0.2) is 12.1 Å². The molecule has 0 aliphatic heterocycles. The van der Waals surface area contributed by atoms with Crippen molar-refractivity contribution in [2.24, 2.45) is 0 Å². The lowest BCUT2D eigenvalue weighted by Crippen LogP contribution is -2.34. The van der Waals surface area contributed by atoms with Crippen LogP contribution in [0.25, 0.3) is 0 Å². The van der Waals surface area contributed by atoms with Gasteiger partial charge in [0, 0.05) is 21.0 Å². The van der Waals surface area contributed by atoms with Crippen molar-refractivity contribution in [2.45, 2.75) is 20.0 Å². The molecule has 1 aromatic heterocycles. The van der Waals surface area contributed by atoms with Crippen molar-refractivity contribution >= 4 is 34.1 Å². The Morgan fingerprint density at radius 3 is 2.47 bits per heavy atom. The van der Waals surface area contributed by atoms with Gasteiger partial charge in [-0.2, -0.15) is 0 Å². The van der Waals surface area contributed by atoms with Gasteiger partial charge in [-0.15, -0.1) is 11.3 Å². The van der Waals surface area contributed by atoms with Gasteiger partial charge in [-0.3, -0.25) is 9.59 Å². The minimum atomic E-state index is -0.839.